The van der Waals surface area contributed by atoms with Gasteiger partial charge in [-0.25, -0.2) is 8.42 Å². The number of carbonyl (C=O) groups excluding carboxylic acids is 2. The van der Waals surface area contributed by atoms with Crippen LogP contribution in [0.5, 0.6) is 0 Å². The van der Waals surface area contributed by atoms with E-state index in [1.807, 2.05) is 6.92 Å². The number of likely N-dealkylation sites (tertiary alicyclic amines) is 1. The molecule has 0 aromatic heterocycles. The Kier molecular flexibility index (Phi) is 6.92. The van der Waals surface area contributed by atoms with Crippen LogP contribution >= 0.6 is 0 Å². The van der Waals surface area contributed by atoms with E-state index in [9.17, 15) is 18.0 Å². The molecule has 2 heterocycles. The van der Waals surface area contributed by atoms with Gasteiger partial charge in [-0.1, -0.05) is 17.7 Å². The normalized spacial score (nSPS) is 21.4. The van der Waals surface area contributed by atoms with Gasteiger partial charge in [0.25, 0.3) is 0 Å². The van der Waals surface area contributed by atoms with Crippen LogP contribution in [0.3, 0.4) is 0 Å². The molecular weight excluding hydrogens is 394 g/mol. The number of ether oxygens (including phenoxy) is 1. The van der Waals surface area contributed by atoms with Gasteiger partial charge in [-0.15, -0.1) is 0 Å². The molecule has 0 N–H and O–H groups in total. The van der Waals surface area contributed by atoms with Crippen LogP contribution in [0.1, 0.15) is 18.4 Å². The van der Waals surface area contributed by atoms with Gasteiger partial charge in [0.05, 0.1) is 17.4 Å². The Morgan fingerprint density at radius 2 is 1.79 bits per heavy atom. The molecule has 0 saturated carbocycles. The molecule has 2 aliphatic rings. The summed E-state index contributed by atoms with van der Waals surface area (Å²) in [6, 6.07) is 6.81. The number of sulfonamides is 1. The number of piperazine rings is 1. The number of hydrogen-bond donors (Lipinski definition) is 0. The van der Waals surface area contributed by atoms with Crippen LogP contribution in [-0.2, 0) is 24.3 Å². The summed E-state index contributed by atoms with van der Waals surface area (Å²) in [6.07, 6.45) is 0.908. The highest BCUT2D eigenvalue weighted by Gasteiger charge is 2.35. The number of hydrogen-bond acceptors (Lipinski definition) is 5. The maximum absolute atomic E-state index is 12.9. The van der Waals surface area contributed by atoms with Crippen molar-refractivity contribution in [1.29, 1.82) is 0 Å². The molecule has 0 aliphatic carbocycles. The molecule has 2 fully saturated rings. The Bertz CT molecular complexity index is 832. The second kappa shape index (κ2) is 9.23. The molecule has 9 heteroatoms. The van der Waals surface area contributed by atoms with Gasteiger partial charge in [-0.05, 0) is 25.5 Å². The third-order valence-corrected chi connectivity index (χ3v) is 7.54. The molecule has 8 nitrogen and oxygen atoms in total. The summed E-state index contributed by atoms with van der Waals surface area (Å²) in [6.45, 7) is 4.55. The van der Waals surface area contributed by atoms with Gasteiger partial charge >= 0.3 is 0 Å². The first-order valence-electron chi connectivity index (χ1n) is 9.95. The van der Waals surface area contributed by atoms with Crippen LogP contribution in [0.4, 0.5) is 0 Å². The molecule has 1 aromatic carbocycles. The van der Waals surface area contributed by atoms with Crippen molar-refractivity contribution in [2.24, 2.45) is 5.92 Å². The lowest BCUT2D eigenvalue weighted by Crippen LogP contribution is -2.54. The first kappa shape index (κ1) is 21.7. The van der Waals surface area contributed by atoms with E-state index in [4.69, 9.17) is 4.74 Å². The van der Waals surface area contributed by atoms with Crippen molar-refractivity contribution in [1.82, 2.24) is 14.1 Å². The van der Waals surface area contributed by atoms with E-state index in [2.05, 4.69) is 0 Å². The van der Waals surface area contributed by atoms with E-state index in [1.54, 1.807) is 41.2 Å². The highest BCUT2D eigenvalue weighted by atomic mass is 32.2. The Balaban J connectivity index is 1.58. The molecule has 160 valence electrons. The maximum Gasteiger partial charge on any atom is 0.243 e. The second-order valence-corrected chi connectivity index (χ2v) is 9.55. The highest BCUT2D eigenvalue weighted by molar-refractivity contribution is 7.89. The molecule has 0 radical (unpaired) electrons. The predicted molar refractivity (Wildman–Crippen MR) is 108 cm³/mol. The van der Waals surface area contributed by atoms with Gasteiger partial charge in [0, 0.05) is 52.8 Å². The number of benzene rings is 1. The minimum absolute atomic E-state index is 0.00676. The topological polar surface area (TPSA) is 87.2 Å². The monoisotopic (exact) mass is 423 g/mol. The number of rotatable bonds is 6. The summed E-state index contributed by atoms with van der Waals surface area (Å²) in [5.41, 5.74) is 1.00. The predicted octanol–water partition coefficient (Wildman–Crippen LogP) is 0.713. The molecule has 2 amide bonds. The lowest BCUT2D eigenvalue weighted by molar-refractivity contribution is -0.144. The van der Waals surface area contributed by atoms with Gasteiger partial charge in [-0.3, -0.25) is 9.59 Å². The molecular formula is C20H29N3O5S. The molecule has 2 saturated heterocycles. The van der Waals surface area contributed by atoms with Crippen molar-refractivity contribution in [3.05, 3.63) is 29.8 Å². The van der Waals surface area contributed by atoms with E-state index in [1.165, 1.54) is 4.31 Å². The largest absolute Gasteiger partial charge is 0.383 e. The second-order valence-electron chi connectivity index (χ2n) is 7.61. The molecule has 29 heavy (non-hydrogen) atoms. The van der Waals surface area contributed by atoms with Crippen molar-refractivity contribution in [2.45, 2.75) is 24.7 Å². The zero-order chi connectivity index (χ0) is 21.0. The van der Waals surface area contributed by atoms with Crippen LogP contribution in [0.2, 0.25) is 0 Å². The van der Waals surface area contributed by atoms with Crippen LogP contribution < -0.4 is 0 Å². The number of nitrogens with zero attached hydrogens (tertiary/aromatic N) is 3. The molecule has 2 aliphatic heterocycles. The van der Waals surface area contributed by atoms with Crippen molar-refractivity contribution in [3.63, 3.8) is 0 Å². The van der Waals surface area contributed by atoms with Crippen molar-refractivity contribution in [3.8, 4) is 0 Å². The zero-order valence-corrected chi connectivity index (χ0v) is 17.9. The molecule has 1 aromatic rings. The quantitative estimate of drug-likeness (QED) is 0.673. The van der Waals surface area contributed by atoms with E-state index < -0.39 is 10.0 Å². The summed E-state index contributed by atoms with van der Waals surface area (Å²) >= 11 is 0. The first-order valence-corrected chi connectivity index (χ1v) is 11.4. The van der Waals surface area contributed by atoms with Crippen molar-refractivity contribution in [2.75, 3.05) is 53.0 Å². The van der Waals surface area contributed by atoms with E-state index >= 15 is 0 Å². The average molecular weight is 424 g/mol. The zero-order valence-electron chi connectivity index (χ0n) is 17.0. The Morgan fingerprint density at radius 1 is 1.14 bits per heavy atom. The third-order valence-electron chi connectivity index (χ3n) is 5.62. The van der Waals surface area contributed by atoms with Crippen LogP contribution in [-0.4, -0.2) is 87.3 Å². The minimum Gasteiger partial charge on any atom is -0.383 e. The van der Waals surface area contributed by atoms with Gasteiger partial charge in [0.2, 0.25) is 21.8 Å². The Morgan fingerprint density at radius 3 is 2.41 bits per heavy atom. The fourth-order valence-electron chi connectivity index (χ4n) is 3.80. The highest BCUT2D eigenvalue weighted by Crippen LogP contribution is 2.22. The van der Waals surface area contributed by atoms with E-state index in [-0.39, 0.29) is 35.7 Å². The Labute approximate surface area is 172 Å². The van der Waals surface area contributed by atoms with Crippen LogP contribution in [0, 0.1) is 12.8 Å². The summed E-state index contributed by atoms with van der Waals surface area (Å²) < 4.78 is 32.1. The minimum atomic E-state index is -3.55. The lowest BCUT2D eigenvalue weighted by Gasteiger charge is -2.38. The van der Waals surface area contributed by atoms with E-state index in [0.29, 0.717) is 45.6 Å². The molecule has 0 spiro atoms. The summed E-state index contributed by atoms with van der Waals surface area (Å²) in [5.74, 6) is -0.169. The van der Waals surface area contributed by atoms with Gasteiger partial charge in [-0.2, -0.15) is 4.31 Å². The van der Waals surface area contributed by atoms with E-state index in [0.717, 1.165) is 5.56 Å². The average Bonchev–Trinajstić information content (AvgIpc) is 2.73. The van der Waals surface area contributed by atoms with Crippen molar-refractivity contribution >= 4 is 21.8 Å². The molecule has 1 atom stereocenters. The molecule has 0 bridgehead atoms. The Hall–Kier alpha value is -1.97. The van der Waals surface area contributed by atoms with Crippen LogP contribution in [0.15, 0.2) is 29.2 Å². The third kappa shape index (κ3) is 4.96. The smallest absolute Gasteiger partial charge is 0.243 e. The SMILES string of the molecule is COCCN1CC(C(=O)N2CCN(S(=O)(=O)c3ccc(C)cc3)CC2)CCC1=O. The fourth-order valence-corrected chi connectivity index (χ4v) is 5.22. The van der Waals surface area contributed by atoms with Gasteiger partial charge in [0.1, 0.15) is 0 Å². The van der Waals surface area contributed by atoms with Crippen LogP contribution in [0.25, 0.3) is 0 Å². The number of carbonyl (C=O) groups is 2. The van der Waals surface area contributed by atoms with Crippen molar-refractivity contribution < 1.29 is 22.7 Å². The fraction of sp³-hybridized carbons (Fsp3) is 0.600. The number of aryl methyl sites for hydroxylation is 1. The number of amides is 2. The lowest BCUT2D eigenvalue weighted by atomic mass is 9.95. The summed E-state index contributed by atoms with van der Waals surface area (Å²) in [5, 5.41) is 0. The number of methoxy groups -OCH3 is 1. The maximum atomic E-state index is 12.9. The first-order chi connectivity index (χ1) is 13.8. The molecule has 3 rings (SSSR count). The van der Waals surface area contributed by atoms with Gasteiger partial charge in [0.15, 0.2) is 0 Å². The molecule has 1 unspecified atom stereocenters. The summed E-state index contributed by atoms with van der Waals surface area (Å²) in [4.78, 5) is 28.7. The standard InChI is InChI=1S/C20H29N3O5S/c1-16-3-6-18(7-4-16)29(26,27)23-11-9-21(10-12-23)20(25)17-5-8-19(24)22(15-17)13-14-28-2/h3-4,6-7,17H,5,8-15H2,1-2H3. The van der Waals surface area contributed by atoms with Gasteiger partial charge < -0.3 is 14.5 Å². The number of piperidine rings is 1. The summed E-state index contributed by atoms with van der Waals surface area (Å²) in [7, 11) is -1.97.